The molecular weight excluding hydrogens is 629 g/mol. The number of hydrogen-bond donors (Lipinski definition) is 0. The van der Waals surface area contributed by atoms with Gasteiger partial charge in [-0.3, -0.25) is 0 Å². The minimum absolute atomic E-state index is 0.907. The third-order valence-corrected chi connectivity index (χ3v) is 11.3. The van der Waals surface area contributed by atoms with Crippen molar-refractivity contribution in [3.05, 3.63) is 170 Å². The fraction of sp³-hybridized carbons (Fsp3) is 0. The summed E-state index contributed by atoms with van der Waals surface area (Å²) in [6.07, 6.45) is 0. The van der Waals surface area contributed by atoms with Crippen molar-refractivity contribution in [2.45, 2.75) is 0 Å². The number of aromatic nitrogens is 1. The van der Waals surface area contributed by atoms with Gasteiger partial charge in [0.15, 0.2) is 0 Å². The van der Waals surface area contributed by atoms with E-state index in [4.69, 9.17) is 4.42 Å². The molecule has 0 aliphatic heterocycles. The molecule has 11 rings (SSSR count). The van der Waals surface area contributed by atoms with Crippen LogP contribution in [0.2, 0.25) is 0 Å². The average Bonchev–Trinajstić information content (AvgIpc) is 3.84. The van der Waals surface area contributed by atoms with Gasteiger partial charge in [-0.05, 0) is 89.6 Å². The van der Waals surface area contributed by atoms with E-state index in [1.165, 1.54) is 52.8 Å². The predicted molar refractivity (Wildman–Crippen MR) is 213 cm³/mol. The van der Waals surface area contributed by atoms with Crippen molar-refractivity contribution >= 4 is 103 Å². The maximum atomic E-state index is 6.32. The van der Waals surface area contributed by atoms with Gasteiger partial charge in [0.2, 0.25) is 0 Å². The van der Waals surface area contributed by atoms with Gasteiger partial charge in [-0.25, -0.2) is 0 Å². The third kappa shape index (κ3) is 4.03. The number of fused-ring (bicyclic) bond motifs is 11. The van der Waals surface area contributed by atoms with Gasteiger partial charge in [0, 0.05) is 64.5 Å². The smallest absolute Gasteiger partial charge is 0.136 e. The number of furan rings is 1. The fourth-order valence-electron chi connectivity index (χ4n) is 7.93. The molecule has 0 aliphatic carbocycles. The zero-order valence-electron chi connectivity index (χ0n) is 26.9. The van der Waals surface area contributed by atoms with Crippen LogP contribution >= 0.6 is 11.3 Å². The summed E-state index contributed by atoms with van der Waals surface area (Å²) >= 11 is 1.85. The summed E-state index contributed by atoms with van der Waals surface area (Å²) in [6, 6.07) is 61.4. The van der Waals surface area contributed by atoms with Gasteiger partial charge in [0.1, 0.15) is 11.2 Å². The molecular formula is C46H28N2OS. The Bertz CT molecular complexity index is 3110. The van der Waals surface area contributed by atoms with E-state index in [9.17, 15) is 0 Å². The summed E-state index contributed by atoms with van der Waals surface area (Å²) in [7, 11) is 0. The zero-order chi connectivity index (χ0) is 32.8. The van der Waals surface area contributed by atoms with Gasteiger partial charge in [0.05, 0.1) is 11.0 Å². The Morgan fingerprint density at radius 3 is 1.96 bits per heavy atom. The number of rotatable bonds is 4. The summed E-state index contributed by atoms with van der Waals surface area (Å²) in [6.45, 7) is 0. The van der Waals surface area contributed by atoms with Crippen molar-refractivity contribution in [3.8, 4) is 5.69 Å². The Hall–Kier alpha value is -6.36. The highest BCUT2D eigenvalue weighted by molar-refractivity contribution is 7.25. The van der Waals surface area contributed by atoms with Crippen LogP contribution in [0.5, 0.6) is 0 Å². The summed E-state index contributed by atoms with van der Waals surface area (Å²) < 4.78 is 11.3. The molecule has 50 heavy (non-hydrogen) atoms. The Morgan fingerprint density at radius 1 is 0.420 bits per heavy atom. The van der Waals surface area contributed by atoms with Gasteiger partial charge < -0.3 is 13.9 Å². The van der Waals surface area contributed by atoms with Crippen molar-refractivity contribution in [1.29, 1.82) is 0 Å². The second-order valence-electron chi connectivity index (χ2n) is 12.9. The monoisotopic (exact) mass is 656 g/mol. The lowest BCUT2D eigenvalue weighted by Crippen LogP contribution is -2.10. The average molecular weight is 657 g/mol. The molecule has 0 saturated heterocycles. The van der Waals surface area contributed by atoms with Crippen LogP contribution in [0.25, 0.3) is 80.4 Å². The molecule has 0 amide bonds. The quantitative estimate of drug-likeness (QED) is 0.188. The predicted octanol–water partition coefficient (Wildman–Crippen LogP) is 13.7. The lowest BCUT2D eigenvalue weighted by atomic mass is 10.0. The first-order chi connectivity index (χ1) is 24.8. The van der Waals surface area contributed by atoms with E-state index in [2.05, 4.69) is 173 Å². The third-order valence-electron chi connectivity index (χ3n) is 10.2. The first-order valence-corrected chi connectivity index (χ1v) is 17.7. The van der Waals surface area contributed by atoms with Crippen LogP contribution in [0.3, 0.4) is 0 Å². The Morgan fingerprint density at radius 2 is 1.06 bits per heavy atom. The van der Waals surface area contributed by atoms with E-state index in [1.54, 1.807) is 0 Å². The van der Waals surface area contributed by atoms with Crippen molar-refractivity contribution in [2.24, 2.45) is 0 Å². The molecule has 4 heteroatoms. The topological polar surface area (TPSA) is 21.3 Å². The van der Waals surface area contributed by atoms with Crippen LogP contribution in [0.15, 0.2) is 174 Å². The molecule has 0 bridgehead atoms. The standard InChI is InChI=1S/C46H28N2OS/c1-2-10-30(11-3-1)48-40-15-7-4-12-34(40)39-27-32(22-24-41(39)48)47(33-21-23-36-35-13-6-9-17-44(35)50-45(36)28-33)31-20-18-29-19-25-43-46(38(29)26-31)37-14-5-8-16-42(37)49-43/h1-28H. The van der Waals surface area contributed by atoms with Crippen molar-refractivity contribution in [1.82, 2.24) is 4.57 Å². The second kappa shape index (κ2) is 10.6. The highest BCUT2D eigenvalue weighted by atomic mass is 32.1. The summed E-state index contributed by atoms with van der Waals surface area (Å²) in [4.78, 5) is 2.42. The molecule has 0 radical (unpaired) electrons. The van der Waals surface area contributed by atoms with Crippen LogP contribution in [0, 0.1) is 0 Å². The summed E-state index contributed by atoms with van der Waals surface area (Å²) in [5, 5.41) is 9.71. The Labute approximate surface area is 291 Å². The molecule has 0 saturated carbocycles. The van der Waals surface area contributed by atoms with Gasteiger partial charge in [-0.1, -0.05) is 91.0 Å². The maximum Gasteiger partial charge on any atom is 0.136 e. The minimum atomic E-state index is 0.907. The molecule has 234 valence electrons. The minimum Gasteiger partial charge on any atom is -0.456 e. The zero-order valence-corrected chi connectivity index (χ0v) is 27.7. The molecule has 3 aromatic heterocycles. The van der Waals surface area contributed by atoms with Crippen molar-refractivity contribution < 1.29 is 4.42 Å². The molecule has 0 spiro atoms. The van der Waals surface area contributed by atoms with Crippen LogP contribution in [-0.2, 0) is 0 Å². The molecule has 8 aromatic carbocycles. The first kappa shape index (κ1) is 27.6. The van der Waals surface area contributed by atoms with E-state index >= 15 is 0 Å². The maximum absolute atomic E-state index is 6.32. The number of nitrogens with zero attached hydrogens (tertiary/aromatic N) is 2. The second-order valence-corrected chi connectivity index (χ2v) is 14.0. The number of benzene rings is 8. The van der Waals surface area contributed by atoms with Crippen molar-refractivity contribution in [3.63, 3.8) is 0 Å². The lowest BCUT2D eigenvalue weighted by molar-refractivity contribution is 0.669. The first-order valence-electron chi connectivity index (χ1n) is 16.9. The Kier molecular flexibility index (Phi) is 5.83. The van der Waals surface area contributed by atoms with Crippen LogP contribution in [0.4, 0.5) is 17.1 Å². The van der Waals surface area contributed by atoms with E-state index in [0.29, 0.717) is 0 Å². The molecule has 0 unspecified atom stereocenters. The highest BCUT2D eigenvalue weighted by Crippen LogP contribution is 2.44. The van der Waals surface area contributed by atoms with Crippen LogP contribution in [0.1, 0.15) is 0 Å². The SMILES string of the molecule is c1ccc(-n2c3ccccc3c3cc(N(c4ccc5c(c4)sc4ccccc45)c4ccc5ccc6oc7ccccc7c6c5c4)ccc32)cc1. The van der Waals surface area contributed by atoms with E-state index in [1.807, 2.05) is 17.4 Å². The van der Waals surface area contributed by atoms with E-state index in [-0.39, 0.29) is 0 Å². The lowest BCUT2D eigenvalue weighted by Gasteiger charge is -2.26. The van der Waals surface area contributed by atoms with Crippen LogP contribution in [-0.4, -0.2) is 4.57 Å². The molecule has 0 aliphatic rings. The molecule has 0 N–H and O–H groups in total. The summed E-state index contributed by atoms with van der Waals surface area (Å²) in [5.74, 6) is 0. The number of anilines is 3. The molecule has 3 nitrogen and oxygen atoms in total. The normalized spacial score (nSPS) is 12.0. The molecule has 0 atom stereocenters. The highest BCUT2D eigenvalue weighted by Gasteiger charge is 2.20. The van der Waals surface area contributed by atoms with Crippen molar-refractivity contribution in [2.75, 3.05) is 4.90 Å². The number of hydrogen-bond acceptors (Lipinski definition) is 3. The van der Waals surface area contributed by atoms with Gasteiger partial charge in [-0.2, -0.15) is 0 Å². The molecule has 0 fully saturated rings. The van der Waals surface area contributed by atoms with Gasteiger partial charge >= 0.3 is 0 Å². The number of thiophene rings is 1. The number of para-hydroxylation sites is 3. The van der Waals surface area contributed by atoms with Crippen LogP contribution < -0.4 is 4.90 Å². The molecule has 11 aromatic rings. The van der Waals surface area contributed by atoms with Gasteiger partial charge in [0.25, 0.3) is 0 Å². The molecule has 3 heterocycles. The largest absolute Gasteiger partial charge is 0.456 e. The van der Waals surface area contributed by atoms with E-state index < -0.39 is 0 Å². The Balaban J connectivity index is 1.19. The van der Waals surface area contributed by atoms with Gasteiger partial charge in [-0.15, -0.1) is 11.3 Å². The summed E-state index contributed by atoms with van der Waals surface area (Å²) in [5.41, 5.74) is 8.69. The van der Waals surface area contributed by atoms with E-state index in [0.717, 1.165) is 44.7 Å². The fourth-order valence-corrected chi connectivity index (χ4v) is 9.07.